The summed E-state index contributed by atoms with van der Waals surface area (Å²) in [6.45, 7) is 3.31. The average Bonchev–Trinajstić information content (AvgIpc) is 2.96. The predicted molar refractivity (Wildman–Crippen MR) is 101 cm³/mol. The van der Waals surface area contributed by atoms with Crippen LogP contribution in [0.15, 0.2) is 58.3 Å². The number of halogens is 1. The summed E-state index contributed by atoms with van der Waals surface area (Å²) in [6.07, 6.45) is 0. The normalized spacial score (nSPS) is 10.7. The van der Waals surface area contributed by atoms with Crippen molar-refractivity contribution >= 4 is 23.4 Å². The third-order valence-electron chi connectivity index (χ3n) is 3.90. The Morgan fingerprint density at radius 2 is 1.82 bits per heavy atom. The van der Waals surface area contributed by atoms with E-state index in [2.05, 4.69) is 5.10 Å². The second-order valence-corrected chi connectivity index (χ2v) is 6.98. The van der Waals surface area contributed by atoms with Crippen LogP contribution >= 0.6 is 11.8 Å². The molecule has 0 radical (unpaired) electrons. The minimum absolute atomic E-state index is 0.0154. The van der Waals surface area contributed by atoms with E-state index in [0.29, 0.717) is 17.1 Å². The molecule has 0 bridgehead atoms. The van der Waals surface area contributed by atoms with Gasteiger partial charge in [0, 0.05) is 17.0 Å². The molecule has 144 valence electrons. The number of nitro groups is 1. The standard InChI is InChI=1S/C19H16FN3O4S/c1-12-19(28-17-9-5-15(6-10-17)23(25)26)13(2)22(21-12)18(24)11-27-16-7-3-14(20)4-8-16/h3-10H,11H2,1-2H3. The number of ether oxygens (including phenoxy) is 1. The highest BCUT2D eigenvalue weighted by Crippen LogP contribution is 2.33. The Kier molecular flexibility index (Phi) is 5.74. The van der Waals surface area contributed by atoms with Crippen LogP contribution in [0, 0.1) is 29.8 Å². The van der Waals surface area contributed by atoms with Gasteiger partial charge in [0.15, 0.2) is 6.61 Å². The molecule has 3 rings (SSSR count). The molecule has 2 aromatic carbocycles. The van der Waals surface area contributed by atoms with Gasteiger partial charge in [-0.05, 0) is 50.2 Å². The van der Waals surface area contributed by atoms with Gasteiger partial charge >= 0.3 is 0 Å². The van der Waals surface area contributed by atoms with Crippen LogP contribution in [0.25, 0.3) is 0 Å². The van der Waals surface area contributed by atoms with E-state index in [1.54, 1.807) is 26.0 Å². The molecule has 7 nitrogen and oxygen atoms in total. The lowest BCUT2D eigenvalue weighted by Crippen LogP contribution is -2.21. The maximum Gasteiger partial charge on any atom is 0.285 e. The summed E-state index contributed by atoms with van der Waals surface area (Å²) in [5.74, 6) is -0.359. The van der Waals surface area contributed by atoms with Crippen LogP contribution in [-0.4, -0.2) is 27.2 Å². The van der Waals surface area contributed by atoms with E-state index in [-0.39, 0.29) is 24.0 Å². The van der Waals surface area contributed by atoms with Crippen LogP contribution in [-0.2, 0) is 0 Å². The van der Waals surface area contributed by atoms with E-state index in [1.807, 2.05) is 0 Å². The zero-order chi connectivity index (χ0) is 20.3. The maximum absolute atomic E-state index is 12.9. The molecule has 3 aromatic rings. The van der Waals surface area contributed by atoms with E-state index in [0.717, 1.165) is 9.79 Å². The van der Waals surface area contributed by atoms with E-state index < -0.39 is 4.92 Å². The highest BCUT2D eigenvalue weighted by atomic mass is 32.2. The summed E-state index contributed by atoms with van der Waals surface area (Å²) >= 11 is 1.37. The zero-order valence-corrected chi connectivity index (χ0v) is 15.9. The molecule has 0 aliphatic rings. The van der Waals surface area contributed by atoms with Crippen molar-refractivity contribution in [3.05, 3.63) is 75.9 Å². The van der Waals surface area contributed by atoms with Crippen LogP contribution < -0.4 is 4.74 Å². The first-order valence-corrected chi connectivity index (χ1v) is 9.07. The highest BCUT2D eigenvalue weighted by molar-refractivity contribution is 7.99. The highest BCUT2D eigenvalue weighted by Gasteiger charge is 2.18. The van der Waals surface area contributed by atoms with Crippen molar-refractivity contribution in [3.8, 4) is 5.75 Å². The Balaban J connectivity index is 1.72. The quantitative estimate of drug-likeness (QED) is 0.449. The number of carbonyl (C=O) groups is 1. The van der Waals surface area contributed by atoms with Crippen LogP contribution in [0.1, 0.15) is 16.2 Å². The fraction of sp³-hybridized carbons (Fsp3) is 0.158. The van der Waals surface area contributed by atoms with Crippen molar-refractivity contribution in [2.45, 2.75) is 23.6 Å². The van der Waals surface area contributed by atoms with E-state index >= 15 is 0 Å². The molecule has 1 aromatic heterocycles. The van der Waals surface area contributed by atoms with Crippen molar-refractivity contribution < 1.29 is 18.8 Å². The Labute approximate surface area is 164 Å². The molecule has 0 atom stereocenters. The number of rotatable bonds is 6. The van der Waals surface area contributed by atoms with Gasteiger partial charge in [-0.3, -0.25) is 14.9 Å². The van der Waals surface area contributed by atoms with Gasteiger partial charge in [0.1, 0.15) is 11.6 Å². The summed E-state index contributed by atoms with van der Waals surface area (Å²) in [5.41, 5.74) is 1.33. The lowest BCUT2D eigenvalue weighted by molar-refractivity contribution is -0.384. The van der Waals surface area contributed by atoms with E-state index in [1.165, 1.54) is 52.8 Å². The summed E-state index contributed by atoms with van der Waals surface area (Å²) in [4.78, 5) is 24.4. The third kappa shape index (κ3) is 4.37. The van der Waals surface area contributed by atoms with Crippen molar-refractivity contribution in [1.82, 2.24) is 9.78 Å². The third-order valence-corrected chi connectivity index (χ3v) is 5.21. The fourth-order valence-electron chi connectivity index (χ4n) is 2.51. The van der Waals surface area contributed by atoms with Crippen LogP contribution in [0.2, 0.25) is 0 Å². The molecule has 0 aliphatic heterocycles. The van der Waals surface area contributed by atoms with Crippen LogP contribution in [0.4, 0.5) is 10.1 Å². The molecule has 0 aliphatic carbocycles. The lowest BCUT2D eigenvalue weighted by Gasteiger charge is -2.07. The van der Waals surface area contributed by atoms with Crippen LogP contribution in [0.3, 0.4) is 0 Å². The first-order valence-electron chi connectivity index (χ1n) is 8.25. The molecule has 0 amide bonds. The molecular weight excluding hydrogens is 385 g/mol. The van der Waals surface area contributed by atoms with Gasteiger partial charge in [0.05, 0.1) is 21.2 Å². The molecular formula is C19H16FN3O4S. The molecule has 1 heterocycles. The molecule has 0 spiro atoms. The summed E-state index contributed by atoms with van der Waals surface area (Å²) in [7, 11) is 0. The lowest BCUT2D eigenvalue weighted by atomic mass is 10.3. The Hall–Kier alpha value is -3.20. The monoisotopic (exact) mass is 401 g/mol. The largest absolute Gasteiger partial charge is 0.484 e. The van der Waals surface area contributed by atoms with Gasteiger partial charge in [-0.15, -0.1) is 0 Å². The van der Waals surface area contributed by atoms with Gasteiger partial charge in [0.2, 0.25) is 0 Å². The number of non-ortho nitro benzene ring substituents is 1. The molecule has 0 fully saturated rings. The van der Waals surface area contributed by atoms with Crippen LogP contribution in [0.5, 0.6) is 5.75 Å². The van der Waals surface area contributed by atoms with Gasteiger partial charge in [-0.1, -0.05) is 11.8 Å². The number of hydrogen-bond acceptors (Lipinski definition) is 6. The number of hydrogen-bond donors (Lipinski definition) is 0. The molecule has 9 heteroatoms. The SMILES string of the molecule is Cc1nn(C(=O)COc2ccc(F)cc2)c(C)c1Sc1ccc([N+](=O)[O-])cc1. The van der Waals surface area contributed by atoms with Crippen molar-refractivity contribution in [2.24, 2.45) is 0 Å². The fourth-order valence-corrected chi connectivity index (χ4v) is 3.44. The molecule has 0 saturated heterocycles. The van der Waals surface area contributed by atoms with E-state index in [4.69, 9.17) is 4.74 Å². The van der Waals surface area contributed by atoms with Gasteiger partial charge in [0.25, 0.3) is 11.6 Å². The van der Waals surface area contributed by atoms with Crippen molar-refractivity contribution in [2.75, 3.05) is 6.61 Å². The molecule has 28 heavy (non-hydrogen) atoms. The minimum Gasteiger partial charge on any atom is -0.484 e. The second-order valence-electron chi connectivity index (χ2n) is 5.90. The number of aromatic nitrogens is 2. The van der Waals surface area contributed by atoms with Gasteiger partial charge in [-0.2, -0.15) is 5.10 Å². The first-order chi connectivity index (χ1) is 13.3. The zero-order valence-electron chi connectivity index (χ0n) is 15.1. The number of aryl methyl sites for hydroxylation is 1. The minimum atomic E-state index is -0.456. The van der Waals surface area contributed by atoms with Gasteiger partial charge < -0.3 is 4.74 Å². The second kappa shape index (κ2) is 8.22. The first kappa shape index (κ1) is 19.6. The number of benzene rings is 2. The summed E-state index contributed by atoms with van der Waals surface area (Å²) in [5, 5.41) is 15.0. The molecule has 0 unspecified atom stereocenters. The van der Waals surface area contributed by atoms with Crippen molar-refractivity contribution in [3.63, 3.8) is 0 Å². The smallest absolute Gasteiger partial charge is 0.285 e. The molecule has 0 saturated carbocycles. The number of nitro benzene ring substituents is 1. The van der Waals surface area contributed by atoms with Crippen molar-refractivity contribution in [1.29, 1.82) is 0 Å². The molecule has 0 N–H and O–H groups in total. The number of carbonyl (C=O) groups excluding carboxylic acids is 1. The summed E-state index contributed by atoms with van der Waals surface area (Å²) in [6, 6.07) is 11.6. The number of nitrogens with zero attached hydrogens (tertiary/aromatic N) is 3. The van der Waals surface area contributed by atoms with Gasteiger partial charge in [-0.25, -0.2) is 9.07 Å². The summed E-state index contributed by atoms with van der Waals surface area (Å²) < 4.78 is 19.6. The van der Waals surface area contributed by atoms with E-state index in [9.17, 15) is 19.3 Å². The maximum atomic E-state index is 12.9. The topological polar surface area (TPSA) is 87.3 Å². The predicted octanol–water partition coefficient (Wildman–Crippen LogP) is 4.42. The average molecular weight is 401 g/mol. The Morgan fingerprint density at radius 1 is 1.18 bits per heavy atom. The Bertz CT molecular complexity index is 1020. The Morgan fingerprint density at radius 3 is 2.43 bits per heavy atom.